The van der Waals surface area contributed by atoms with E-state index in [1.807, 2.05) is 0 Å². The van der Waals surface area contributed by atoms with E-state index in [0.29, 0.717) is 5.92 Å². The smallest absolute Gasteiger partial charge is 0.0569 e. The summed E-state index contributed by atoms with van der Waals surface area (Å²) in [7, 11) is 1.71. The molecule has 0 aromatic carbocycles. The summed E-state index contributed by atoms with van der Waals surface area (Å²) in [5.41, 5.74) is 0. The van der Waals surface area contributed by atoms with Gasteiger partial charge in [-0.25, -0.2) is 0 Å². The van der Waals surface area contributed by atoms with Crippen molar-refractivity contribution in [2.24, 2.45) is 5.92 Å². The Morgan fingerprint density at radius 2 is 1.64 bits per heavy atom. The van der Waals surface area contributed by atoms with Crippen molar-refractivity contribution in [3.05, 3.63) is 0 Å². The average molecular weight is 202 g/mol. The van der Waals surface area contributed by atoms with Crippen LogP contribution in [0.1, 0.15) is 52.4 Å². The van der Waals surface area contributed by atoms with Crippen molar-refractivity contribution in [1.82, 2.24) is 0 Å². The van der Waals surface area contributed by atoms with Gasteiger partial charge in [0, 0.05) is 13.7 Å². The van der Waals surface area contributed by atoms with Gasteiger partial charge in [-0.05, 0) is 31.6 Å². The molecule has 0 rings (SSSR count). The van der Waals surface area contributed by atoms with Gasteiger partial charge in [0.25, 0.3) is 0 Å². The van der Waals surface area contributed by atoms with Gasteiger partial charge in [-0.15, -0.1) is 0 Å². The third-order valence-corrected chi connectivity index (χ3v) is 2.71. The number of hydrogen-bond donors (Lipinski definition) is 1. The van der Waals surface area contributed by atoms with Crippen molar-refractivity contribution in [1.29, 1.82) is 0 Å². The Balaban J connectivity index is 3.69. The first-order chi connectivity index (χ1) is 6.76. The molecule has 0 aliphatic carbocycles. The Bertz CT molecular complexity index is 109. The highest BCUT2D eigenvalue weighted by Gasteiger charge is 2.16. The van der Waals surface area contributed by atoms with Crippen LogP contribution in [0.3, 0.4) is 0 Å². The lowest BCUT2D eigenvalue weighted by Gasteiger charge is -2.21. The topological polar surface area (TPSA) is 29.5 Å². The van der Waals surface area contributed by atoms with Crippen molar-refractivity contribution in [2.75, 3.05) is 13.7 Å². The maximum Gasteiger partial charge on any atom is 0.0569 e. The SMILES string of the molecule is CCCC(CCC)C(O)CCCOC. The summed E-state index contributed by atoms with van der Waals surface area (Å²) in [6.07, 6.45) is 6.40. The van der Waals surface area contributed by atoms with E-state index in [1.54, 1.807) is 7.11 Å². The normalized spacial score (nSPS) is 13.5. The molecule has 0 aliphatic rings. The van der Waals surface area contributed by atoms with E-state index in [-0.39, 0.29) is 6.10 Å². The minimum Gasteiger partial charge on any atom is -0.393 e. The zero-order chi connectivity index (χ0) is 10.8. The molecule has 0 radical (unpaired) electrons. The second kappa shape index (κ2) is 9.47. The van der Waals surface area contributed by atoms with E-state index in [0.717, 1.165) is 32.3 Å². The molecule has 2 heteroatoms. The van der Waals surface area contributed by atoms with Gasteiger partial charge in [0.2, 0.25) is 0 Å². The third kappa shape index (κ3) is 6.39. The molecule has 0 spiro atoms. The molecule has 1 atom stereocenters. The summed E-state index contributed by atoms with van der Waals surface area (Å²) in [6, 6.07) is 0. The van der Waals surface area contributed by atoms with Crippen molar-refractivity contribution in [2.45, 2.75) is 58.5 Å². The molecule has 0 saturated heterocycles. The van der Waals surface area contributed by atoms with Crippen LogP contribution in [-0.2, 0) is 4.74 Å². The molecule has 1 unspecified atom stereocenters. The highest BCUT2D eigenvalue weighted by Crippen LogP contribution is 2.20. The summed E-state index contributed by atoms with van der Waals surface area (Å²) < 4.78 is 4.98. The van der Waals surface area contributed by atoms with Gasteiger partial charge >= 0.3 is 0 Å². The number of hydrogen-bond acceptors (Lipinski definition) is 2. The predicted molar refractivity (Wildman–Crippen MR) is 60.4 cm³/mol. The van der Waals surface area contributed by atoms with Gasteiger partial charge in [0.15, 0.2) is 0 Å². The number of ether oxygens (including phenoxy) is 1. The highest BCUT2D eigenvalue weighted by molar-refractivity contribution is 4.68. The van der Waals surface area contributed by atoms with E-state index in [4.69, 9.17) is 4.74 Å². The van der Waals surface area contributed by atoms with E-state index in [9.17, 15) is 5.11 Å². The highest BCUT2D eigenvalue weighted by atomic mass is 16.5. The maximum absolute atomic E-state index is 9.94. The van der Waals surface area contributed by atoms with Crippen molar-refractivity contribution in [3.8, 4) is 0 Å². The van der Waals surface area contributed by atoms with Crippen LogP contribution >= 0.6 is 0 Å². The van der Waals surface area contributed by atoms with Gasteiger partial charge in [-0.3, -0.25) is 0 Å². The first-order valence-corrected chi connectivity index (χ1v) is 5.93. The first kappa shape index (κ1) is 13.9. The van der Waals surface area contributed by atoms with E-state index in [1.165, 1.54) is 12.8 Å². The molecule has 0 aliphatic heterocycles. The standard InChI is InChI=1S/C12H26O2/c1-4-7-11(8-5-2)12(13)9-6-10-14-3/h11-13H,4-10H2,1-3H3. The molecule has 0 fully saturated rings. The van der Waals surface area contributed by atoms with Gasteiger partial charge in [-0.2, -0.15) is 0 Å². The van der Waals surface area contributed by atoms with Gasteiger partial charge in [-0.1, -0.05) is 26.7 Å². The molecule has 0 aromatic rings. The number of rotatable bonds is 9. The fourth-order valence-corrected chi connectivity index (χ4v) is 1.94. The summed E-state index contributed by atoms with van der Waals surface area (Å²) in [6.45, 7) is 5.14. The zero-order valence-corrected chi connectivity index (χ0v) is 9.96. The second-order valence-electron chi connectivity index (χ2n) is 4.04. The van der Waals surface area contributed by atoms with Crippen molar-refractivity contribution < 1.29 is 9.84 Å². The molecule has 0 aromatic heterocycles. The van der Waals surface area contributed by atoms with Crippen LogP contribution in [-0.4, -0.2) is 24.9 Å². The maximum atomic E-state index is 9.94. The Morgan fingerprint density at radius 1 is 1.07 bits per heavy atom. The fraction of sp³-hybridized carbons (Fsp3) is 1.00. The van der Waals surface area contributed by atoms with Crippen LogP contribution in [0.5, 0.6) is 0 Å². The van der Waals surface area contributed by atoms with Gasteiger partial charge < -0.3 is 9.84 Å². The van der Waals surface area contributed by atoms with Crippen LogP contribution in [0.15, 0.2) is 0 Å². The summed E-state index contributed by atoms with van der Waals surface area (Å²) >= 11 is 0. The lowest BCUT2D eigenvalue weighted by molar-refractivity contribution is 0.0759. The van der Waals surface area contributed by atoms with Gasteiger partial charge in [0.1, 0.15) is 0 Å². The Hall–Kier alpha value is -0.0800. The van der Waals surface area contributed by atoms with Crippen molar-refractivity contribution >= 4 is 0 Å². The van der Waals surface area contributed by atoms with Crippen molar-refractivity contribution in [3.63, 3.8) is 0 Å². The number of aliphatic hydroxyl groups excluding tert-OH is 1. The molecular weight excluding hydrogens is 176 g/mol. The summed E-state index contributed by atoms with van der Waals surface area (Å²) in [5.74, 6) is 0.502. The Kier molecular flexibility index (Phi) is 9.42. The molecule has 2 nitrogen and oxygen atoms in total. The quantitative estimate of drug-likeness (QED) is 0.582. The zero-order valence-electron chi connectivity index (χ0n) is 9.96. The molecule has 0 bridgehead atoms. The van der Waals surface area contributed by atoms with Crippen LogP contribution in [0.2, 0.25) is 0 Å². The van der Waals surface area contributed by atoms with Crippen LogP contribution in [0, 0.1) is 5.92 Å². The molecule has 0 amide bonds. The minimum atomic E-state index is -0.120. The molecule has 1 N–H and O–H groups in total. The Labute approximate surface area is 88.7 Å². The van der Waals surface area contributed by atoms with E-state index >= 15 is 0 Å². The molecule has 14 heavy (non-hydrogen) atoms. The Morgan fingerprint density at radius 3 is 2.07 bits per heavy atom. The average Bonchev–Trinajstić information content (AvgIpc) is 2.18. The lowest BCUT2D eigenvalue weighted by atomic mass is 9.90. The number of methoxy groups -OCH3 is 1. The van der Waals surface area contributed by atoms with E-state index < -0.39 is 0 Å². The first-order valence-electron chi connectivity index (χ1n) is 5.93. The van der Waals surface area contributed by atoms with Crippen LogP contribution in [0.25, 0.3) is 0 Å². The third-order valence-electron chi connectivity index (χ3n) is 2.71. The summed E-state index contributed by atoms with van der Waals surface area (Å²) in [5, 5.41) is 9.94. The molecule has 0 saturated carbocycles. The second-order valence-corrected chi connectivity index (χ2v) is 4.04. The van der Waals surface area contributed by atoms with Gasteiger partial charge in [0.05, 0.1) is 6.10 Å². The van der Waals surface area contributed by atoms with Crippen LogP contribution < -0.4 is 0 Å². The molecule has 0 heterocycles. The van der Waals surface area contributed by atoms with E-state index in [2.05, 4.69) is 13.8 Å². The molecular formula is C12H26O2. The predicted octanol–water partition coefficient (Wildman–Crippen LogP) is 2.99. The van der Waals surface area contributed by atoms with Crippen LogP contribution in [0.4, 0.5) is 0 Å². The largest absolute Gasteiger partial charge is 0.393 e. The number of aliphatic hydroxyl groups is 1. The fourth-order valence-electron chi connectivity index (χ4n) is 1.94. The minimum absolute atomic E-state index is 0.120. The monoisotopic (exact) mass is 202 g/mol. The summed E-state index contributed by atoms with van der Waals surface area (Å²) in [4.78, 5) is 0. The lowest BCUT2D eigenvalue weighted by Crippen LogP contribution is -2.20. The molecule has 86 valence electrons.